The number of rotatable bonds is 15. The Morgan fingerprint density at radius 2 is 1.70 bits per heavy atom. The van der Waals surface area contributed by atoms with Gasteiger partial charge in [-0.25, -0.2) is 4.79 Å². The summed E-state index contributed by atoms with van der Waals surface area (Å²) >= 11 is 0. The topological polar surface area (TPSA) is 199 Å². The number of nitrogens with one attached hydrogen (secondary N) is 6. The number of guanidine groups is 1. The molecule has 13 nitrogen and oxygen atoms in total. The van der Waals surface area contributed by atoms with Gasteiger partial charge in [-0.2, -0.15) is 0 Å². The number of carbonyl (C=O) groups excluding carboxylic acids is 4. The third-order valence-corrected chi connectivity index (χ3v) is 4.46. The fraction of sp³-hybridized carbons (Fsp3) is 0.684. The lowest BCUT2D eigenvalue weighted by Crippen LogP contribution is -2.51. The lowest BCUT2D eigenvalue weighted by atomic mass is 10.1. The van der Waals surface area contributed by atoms with E-state index < -0.39 is 54.4 Å². The average Bonchev–Trinajstić information content (AvgIpc) is 2.70. The van der Waals surface area contributed by atoms with Crippen molar-refractivity contribution in [3.05, 3.63) is 0 Å². The van der Waals surface area contributed by atoms with Gasteiger partial charge in [-0.05, 0) is 48.5 Å². The van der Waals surface area contributed by atoms with Gasteiger partial charge in [0.15, 0.2) is 5.96 Å². The van der Waals surface area contributed by atoms with Crippen molar-refractivity contribution in [2.45, 2.75) is 64.6 Å². The van der Waals surface area contributed by atoms with Crippen LogP contribution in [0.5, 0.6) is 0 Å². The van der Waals surface area contributed by atoms with Crippen LogP contribution in [0.15, 0.2) is 0 Å². The molecule has 2 unspecified atom stereocenters. The van der Waals surface area contributed by atoms with E-state index in [1.165, 1.54) is 6.92 Å². The maximum atomic E-state index is 12.4. The number of aliphatic carboxylic acids is 1. The number of hydrogen-bond donors (Lipinski definition) is 7. The van der Waals surface area contributed by atoms with Crippen molar-refractivity contribution in [2.75, 3.05) is 19.8 Å². The molecule has 0 aliphatic rings. The van der Waals surface area contributed by atoms with Gasteiger partial charge in [-0.1, -0.05) is 0 Å². The summed E-state index contributed by atoms with van der Waals surface area (Å²) in [5.74, 6) is -3.44. The van der Waals surface area contributed by atoms with Crippen molar-refractivity contribution in [1.29, 1.82) is 5.41 Å². The fourth-order valence-corrected chi connectivity index (χ4v) is 2.91. The molecule has 0 spiro atoms. The van der Waals surface area contributed by atoms with E-state index in [9.17, 15) is 24.0 Å². The van der Waals surface area contributed by atoms with Crippen molar-refractivity contribution in [2.24, 2.45) is 0 Å². The van der Waals surface area contributed by atoms with Crippen LogP contribution in [-0.2, 0) is 28.7 Å². The van der Waals surface area contributed by atoms with Gasteiger partial charge in [-0.3, -0.25) is 24.6 Å². The molecule has 0 aliphatic carbocycles. The molecule has 14 heteroatoms. The second-order valence-corrected chi connectivity index (χ2v) is 8.08. The SMILES string of the molecule is CPNC(=N)NCCC[C@H](NC(C)=O)C(=O)NCC(=O)NC(CCC(=O)O)C(=O)OC(C)C. The summed E-state index contributed by atoms with van der Waals surface area (Å²) in [5, 5.41) is 29.4. The zero-order valence-corrected chi connectivity index (χ0v) is 20.4. The molecule has 188 valence electrons. The number of ether oxygens (including phenoxy) is 1. The van der Waals surface area contributed by atoms with Crippen molar-refractivity contribution in [1.82, 2.24) is 26.4 Å². The Labute approximate surface area is 194 Å². The van der Waals surface area contributed by atoms with E-state index in [4.69, 9.17) is 15.3 Å². The molecule has 0 rings (SSSR count). The Balaban J connectivity index is 4.76. The Kier molecular flexibility index (Phi) is 15.2. The number of carbonyl (C=O) groups is 5. The lowest BCUT2D eigenvalue weighted by Gasteiger charge is -2.20. The molecule has 3 atom stereocenters. The van der Waals surface area contributed by atoms with Crippen LogP contribution in [0.4, 0.5) is 0 Å². The van der Waals surface area contributed by atoms with E-state index in [-0.39, 0.29) is 25.2 Å². The summed E-state index contributed by atoms with van der Waals surface area (Å²) in [6, 6.07) is -2.06. The van der Waals surface area contributed by atoms with E-state index in [0.29, 0.717) is 21.7 Å². The standard InChI is InChI=1S/C19H35N6O7P/c1-11(2)32-18(31)14(7-8-16(28)29)24-15(27)10-22-17(30)13(23-12(3)26)6-5-9-21-19(20)25-33-4/h11,13-14,33H,5-10H2,1-4H3,(H,22,30)(H,23,26)(H,24,27)(H,28,29)(H3,20,21,25)/t13-,14?/m0/s1. The highest BCUT2D eigenvalue weighted by molar-refractivity contribution is 7.35. The molecule has 0 radical (unpaired) electrons. The molecule has 33 heavy (non-hydrogen) atoms. The zero-order chi connectivity index (χ0) is 25.4. The largest absolute Gasteiger partial charge is 0.481 e. The fourth-order valence-electron chi connectivity index (χ4n) is 2.57. The quantitative estimate of drug-likeness (QED) is 0.0496. The average molecular weight is 490 g/mol. The van der Waals surface area contributed by atoms with Crippen molar-refractivity contribution in [3.8, 4) is 0 Å². The maximum Gasteiger partial charge on any atom is 0.328 e. The molecule has 0 aromatic rings. The molecule has 0 aliphatic heterocycles. The van der Waals surface area contributed by atoms with Crippen molar-refractivity contribution < 1.29 is 33.8 Å². The first-order chi connectivity index (χ1) is 15.5. The van der Waals surface area contributed by atoms with Crippen LogP contribution < -0.4 is 26.4 Å². The Bertz CT molecular complexity index is 704. The smallest absolute Gasteiger partial charge is 0.328 e. The van der Waals surface area contributed by atoms with Gasteiger partial charge in [0, 0.05) is 19.9 Å². The third-order valence-electron chi connectivity index (χ3n) is 3.96. The minimum atomic E-state index is -1.17. The van der Waals surface area contributed by atoms with Gasteiger partial charge >= 0.3 is 11.9 Å². The normalized spacial score (nSPS) is 12.5. The zero-order valence-electron chi connectivity index (χ0n) is 19.4. The summed E-state index contributed by atoms with van der Waals surface area (Å²) in [6.45, 7) is 6.32. The van der Waals surface area contributed by atoms with Crippen LogP contribution in [-0.4, -0.2) is 78.7 Å². The molecule has 0 bridgehead atoms. The van der Waals surface area contributed by atoms with E-state index in [0.717, 1.165) is 0 Å². The minimum Gasteiger partial charge on any atom is -0.481 e. The Hall–Kier alpha value is -2.95. The molecule has 0 saturated carbocycles. The van der Waals surface area contributed by atoms with Crippen molar-refractivity contribution >= 4 is 44.4 Å². The van der Waals surface area contributed by atoms with E-state index in [2.05, 4.69) is 26.4 Å². The number of hydrogen-bond acceptors (Lipinski definition) is 7. The predicted octanol–water partition coefficient (Wildman–Crippen LogP) is -0.974. The van der Waals surface area contributed by atoms with Gasteiger partial charge in [0.25, 0.3) is 0 Å². The van der Waals surface area contributed by atoms with Crippen LogP contribution in [0.2, 0.25) is 0 Å². The van der Waals surface area contributed by atoms with Gasteiger partial charge in [-0.15, -0.1) is 0 Å². The van der Waals surface area contributed by atoms with E-state index in [1.807, 2.05) is 6.66 Å². The summed E-state index contributed by atoms with van der Waals surface area (Å²) in [5.41, 5.74) is 0. The molecule has 0 aromatic carbocycles. The second kappa shape index (κ2) is 16.7. The van der Waals surface area contributed by atoms with Crippen LogP contribution in [0.1, 0.15) is 46.5 Å². The molecule has 3 amide bonds. The first kappa shape index (κ1) is 30.0. The van der Waals surface area contributed by atoms with Gasteiger partial charge in [0.1, 0.15) is 12.1 Å². The molecule has 7 N–H and O–H groups in total. The number of carboxylic acids is 1. The molecule has 0 aromatic heterocycles. The third kappa shape index (κ3) is 15.5. The van der Waals surface area contributed by atoms with Gasteiger partial charge < -0.3 is 36.2 Å². The van der Waals surface area contributed by atoms with Gasteiger partial charge in [0.2, 0.25) is 17.7 Å². The van der Waals surface area contributed by atoms with Crippen molar-refractivity contribution in [3.63, 3.8) is 0 Å². The van der Waals surface area contributed by atoms with Crippen LogP contribution in [0, 0.1) is 5.41 Å². The first-order valence-corrected chi connectivity index (χ1v) is 12.0. The van der Waals surface area contributed by atoms with E-state index >= 15 is 0 Å². The minimum absolute atomic E-state index is 0.162. The summed E-state index contributed by atoms with van der Waals surface area (Å²) in [4.78, 5) is 59.0. The molecular formula is C19H35N6O7P. The number of amides is 3. The molecule has 0 saturated heterocycles. The summed E-state index contributed by atoms with van der Waals surface area (Å²) in [7, 11) is 0.374. The summed E-state index contributed by atoms with van der Waals surface area (Å²) < 4.78 is 5.03. The van der Waals surface area contributed by atoms with Gasteiger partial charge in [0.05, 0.1) is 12.6 Å². The van der Waals surface area contributed by atoms with Crippen LogP contribution >= 0.6 is 8.73 Å². The van der Waals surface area contributed by atoms with E-state index in [1.54, 1.807) is 13.8 Å². The lowest BCUT2D eigenvalue weighted by molar-refractivity contribution is -0.152. The number of esters is 1. The molecule has 0 fully saturated rings. The molecular weight excluding hydrogens is 455 g/mol. The highest BCUT2D eigenvalue weighted by Crippen LogP contribution is 2.03. The highest BCUT2D eigenvalue weighted by atomic mass is 31.1. The van der Waals surface area contributed by atoms with Crippen LogP contribution in [0.25, 0.3) is 0 Å². The Morgan fingerprint density at radius 1 is 1.03 bits per heavy atom. The summed E-state index contributed by atoms with van der Waals surface area (Å²) in [6.07, 6.45) is -0.223. The maximum absolute atomic E-state index is 12.4. The Morgan fingerprint density at radius 3 is 2.24 bits per heavy atom. The monoisotopic (exact) mass is 490 g/mol. The first-order valence-electron chi connectivity index (χ1n) is 10.5. The predicted molar refractivity (Wildman–Crippen MR) is 123 cm³/mol. The number of carboxylic acid groups (broad SMARTS) is 1. The highest BCUT2D eigenvalue weighted by Gasteiger charge is 2.25. The van der Waals surface area contributed by atoms with Crippen LogP contribution in [0.3, 0.4) is 0 Å². The molecule has 0 heterocycles. The second-order valence-electron chi connectivity index (χ2n) is 7.33.